The lowest BCUT2D eigenvalue weighted by Crippen LogP contribution is -2.40. The number of nitrogens with one attached hydrogen (secondary N) is 1. The number of rotatable bonds is 6. The summed E-state index contributed by atoms with van der Waals surface area (Å²) in [6, 6.07) is 12.9. The van der Waals surface area contributed by atoms with Gasteiger partial charge in [0.2, 0.25) is 5.91 Å². The van der Waals surface area contributed by atoms with Crippen molar-refractivity contribution >= 4 is 45.0 Å². The number of fused-ring (bicyclic) bond motifs is 1. The van der Waals surface area contributed by atoms with Crippen LogP contribution in [0.25, 0.3) is 16.0 Å². The second-order valence-electron chi connectivity index (χ2n) is 7.71. The fourth-order valence-electron chi connectivity index (χ4n) is 3.52. The van der Waals surface area contributed by atoms with Crippen molar-refractivity contribution in [3.63, 3.8) is 0 Å². The number of hydrogen-bond donors (Lipinski definition) is 1. The molecule has 0 bridgehead atoms. The number of anilines is 1. The van der Waals surface area contributed by atoms with Crippen LogP contribution in [0.4, 0.5) is 5.69 Å². The molecule has 0 spiro atoms. The number of nitrogens with zero attached hydrogens (tertiary/aromatic N) is 3. The molecule has 0 unspecified atom stereocenters. The number of thioether (sulfide) groups is 1. The summed E-state index contributed by atoms with van der Waals surface area (Å²) in [5, 5.41) is 2.84. The fourth-order valence-corrected chi connectivity index (χ4v) is 5.01. The Balaban J connectivity index is 1.81. The minimum atomic E-state index is -0.593. The van der Waals surface area contributed by atoms with E-state index in [0.717, 1.165) is 27.7 Å². The Hall–Kier alpha value is -3.17. The van der Waals surface area contributed by atoms with Gasteiger partial charge in [-0.2, -0.15) is 0 Å². The molecule has 0 saturated carbocycles. The first kappa shape index (κ1) is 23.0. The summed E-state index contributed by atoms with van der Waals surface area (Å²) in [5.41, 5.74) is 3.61. The number of hydrogen-bond acceptors (Lipinski definition) is 6. The van der Waals surface area contributed by atoms with Crippen molar-refractivity contribution in [1.82, 2.24) is 14.1 Å². The van der Waals surface area contributed by atoms with Gasteiger partial charge >= 0.3 is 5.69 Å². The summed E-state index contributed by atoms with van der Waals surface area (Å²) in [4.78, 5) is 44.0. The van der Waals surface area contributed by atoms with Crippen LogP contribution >= 0.6 is 23.1 Å². The number of benzene rings is 2. The number of aromatic nitrogens is 3. The maximum atomic E-state index is 13.4. The highest BCUT2D eigenvalue weighted by atomic mass is 32.2. The smallest absolute Gasteiger partial charge is 0.325 e. The largest absolute Gasteiger partial charge is 0.337 e. The number of carbonyl (C=O) groups is 1. The normalized spacial score (nSPS) is 11.2. The SMILES string of the molecule is CCc1ccc(-n2c(=O)c3sc(SC)nc3n(CC(=O)Nc3ccc(C)c(C)c3)c2=O)cc1. The molecule has 2 aromatic carbocycles. The summed E-state index contributed by atoms with van der Waals surface area (Å²) < 4.78 is 3.39. The molecule has 9 heteroatoms. The summed E-state index contributed by atoms with van der Waals surface area (Å²) in [6.07, 6.45) is 2.71. The van der Waals surface area contributed by atoms with Crippen molar-refractivity contribution in [2.24, 2.45) is 0 Å². The number of aryl methyl sites for hydroxylation is 3. The Morgan fingerprint density at radius 2 is 1.82 bits per heavy atom. The van der Waals surface area contributed by atoms with Crippen LogP contribution < -0.4 is 16.6 Å². The predicted octanol–water partition coefficient (Wildman–Crippen LogP) is 4.15. The molecular weight excluding hydrogens is 456 g/mol. The van der Waals surface area contributed by atoms with Gasteiger partial charge in [0.05, 0.1) is 5.69 Å². The minimum absolute atomic E-state index is 0.232. The van der Waals surface area contributed by atoms with E-state index < -0.39 is 11.2 Å². The Bertz CT molecular complexity index is 1470. The third-order valence-corrected chi connectivity index (χ3v) is 7.55. The summed E-state index contributed by atoms with van der Waals surface area (Å²) in [5.74, 6) is -0.369. The van der Waals surface area contributed by atoms with Crippen molar-refractivity contribution < 1.29 is 4.79 Å². The van der Waals surface area contributed by atoms with E-state index in [2.05, 4.69) is 10.3 Å². The topological polar surface area (TPSA) is 86.0 Å². The van der Waals surface area contributed by atoms with E-state index in [1.165, 1.54) is 27.7 Å². The van der Waals surface area contributed by atoms with E-state index in [9.17, 15) is 14.4 Å². The van der Waals surface area contributed by atoms with Gasteiger partial charge < -0.3 is 5.32 Å². The maximum Gasteiger partial charge on any atom is 0.337 e. The zero-order valence-electron chi connectivity index (χ0n) is 18.8. The lowest BCUT2D eigenvalue weighted by molar-refractivity contribution is -0.116. The number of carbonyl (C=O) groups excluding carboxylic acids is 1. The van der Waals surface area contributed by atoms with Crippen molar-refractivity contribution in [3.8, 4) is 5.69 Å². The van der Waals surface area contributed by atoms with E-state index >= 15 is 0 Å². The molecule has 0 aliphatic carbocycles. The molecule has 33 heavy (non-hydrogen) atoms. The monoisotopic (exact) mass is 480 g/mol. The van der Waals surface area contributed by atoms with Gasteiger partial charge in [0.15, 0.2) is 9.99 Å². The van der Waals surface area contributed by atoms with Crippen molar-refractivity contribution in [2.75, 3.05) is 11.6 Å². The highest BCUT2D eigenvalue weighted by Crippen LogP contribution is 2.25. The van der Waals surface area contributed by atoms with E-state index in [0.29, 0.717) is 20.4 Å². The molecule has 2 heterocycles. The van der Waals surface area contributed by atoms with E-state index in [-0.39, 0.29) is 18.1 Å². The Morgan fingerprint density at radius 1 is 1.09 bits per heavy atom. The van der Waals surface area contributed by atoms with Crippen LogP contribution in [0.1, 0.15) is 23.6 Å². The van der Waals surface area contributed by atoms with Crippen molar-refractivity contribution in [2.45, 2.75) is 38.1 Å². The molecule has 0 fully saturated rings. The average molecular weight is 481 g/mol. The van der Waals surface area contributed by atoms with Crippen LogP contribution in [-0.4, -0.2) is 26.3 Å². The zero-order chi connectivity index (χ0) is 23.7. The third-order valence-electron chi connectivity index (χ3n) is 5.53. The van der Waals surface area contributed by atoms with Crippen LogP contribution in [0.5, 0.6) is 0 Å². The van der Waals surface area contributed by atoms with E-state index in [1.54, 1.807) is 12.1 Å². The Labute approximate surface area is 199 Å². The molecule has 4 rings (SSSR count). The van der Waals surface area contributed by atoms with Gasteiger partial charge in [-0.05, 0) is 67.5 Å². The van der Waals surface area contributed by atoms with E-state index in [4.69, 9.17) is 0 Å². The molecule has 1 amide bonds. The van der Waals surface area contributed by atoms with Gasteiger partial charge in [-0.25, -0.2) is 14.3 Å². The second kappa shape index (κ2) is 9.36. The Morgan fingerprint density at radius 3 is 2.45 bits per heavy atom. The third kappa shape index (κ3) is 4.51. The summed E-state index contributed by atoms with van der Waals surface area (Å²) in [7, 11) is 0. The van der Waals surface area contributed by atoms with Crippen LogP contribution in [-0.2, 0) is 17.8 Å². The average Bonchev–Trinajstić information content (AvgIpc) is 3.24. The van der Waals surface area contributed by atoms with Gasteiger partial charge in [-0.15, -0.1) is 11.3 Å². The van der Waals surface area contributed by atoms with Crippen molar-refractivity contribution in [3.05, 3.63) is 80.0 Å². The van der Waals surface area contributed by atoms with Crippen LogP contribution in [0.2, 0.25) is 0 Å². The molecule has 0 aliphatic rings. The minimum Gasteiger partial charge on any atom is -0.325 e. The standard InChI is InChI=1S/C24H24N4O3S2/c1-5-16-7-10-18(11-8-16)28-22(30)20-21(26-23(32-4)33-20)27(24(28)31)13-19(29)25-17-9-6-14(2)15(3)12-17/h6-12H,5,13H2,1-4H3,(H,25,29). The maximum absolute atomic E-state index is 13.4. The molecule has 4 aromatic rings. The number of thiazole rings is 1. The molecule has 7 nitrogen and oxygen atoms in total. The molecule has 0 atom stereocenters. The van der Waals surface area contributed by atoms with Gasteiger partial charge in [-0.3, -0.25) is 14.2 Å². The molecule has 1 N–H and O–H groups in total. The van der Waals surface area contributed by atoms with Gasteiger partial charge in [0.1, 0.15) is 11.2 Å². The summed E-state index contributed by atoms with van der Waals surface area (Å²) in [6.45, 7) is 5.75. The van der Waals surface area contributed by atoms with Gasteiger partial charge in [0.25, 0.3) is 5.56 Å². The highest BCUT2D eigenvalue weighted by molar-refractivity contribution is 8.00. The second-order valence-corrected chi connectivity index (χ2v) is 9.77. The molecule has 2 aromatic heterocycles. The summed E-state index contributed by atoms with van der Waals surface area (Å²) >= 11 is 2.62. The molecule has 170 valence electrons. The van der Waals surface area contributed by atoms with Crippen LogP contribution in [0.3, 0.4) is 0 Å². The molecule has 0 radical (unpaired) electrons. The fraction of sp³-hybridized carbons (Fsp3) is 0.250. The van der Waals surface area contributed by atoms with Crippen LogP contribution in [0.15, 0.2) is 56.4 Å². The highest BCUT2D eigenvalue weighted by Gasteiger charge is 2.20. The quantitative estimate of drug-likeness (QED) is 0.419. The van der Waals surface area contributed by atoms with Gasteiger partial charge in [0, 0.05) is 5.69 Å². The van der Waals surface area contributed by atoms with Gasteiger partial charge in [-0.1, -0.05) is 36.9 Å². The molecular formula is C24H24N4O3S2. The first-order valence-corrected chi connectivity index (χ1v) is 12.5. The zero-order valence-corrected chi connectivity index (χ0v) is 20.5. The Kier molecular flexibility index (Phi) is 6.53. The first-order valence-electron chi connectivity index (χ1n) is 10.5. The number of amides is 1. The van der Waals surface area contributed by atoms with Crippen molar-refractivity contribution in [1.29, 1.82) is 0 Å². The lowest BCUT2D eigenvalue weighted by Gasteiger charge is -2.12. The molecule has 0 aliphatic heterocycles. The molecule has 0 saturated heterocycles. The predicted molar refractivity (Wildman–Crippen MR) is 135 cm³/mol. The lowest BCUT2D eigenvalue weighted by atomic mass is 10.1. The van der Waals surface area contributed by atoms with Crippen LogP contribution in [0, 0.1) is 13.8 Å². The van der Waals surface area contributed by atoms with E-state index in [1.807, 2.05) is 57.4 Å². The first-order chi connectivity index (χ1) is 15.8.